The summed E-state index contributed by atoms with van der Waals surface area (Å²) < 4.78 is 0. The third-order valence-electron chi connectivity index (χ3n) is 4.00. The fourth-order valence-corrected chi connectivity index (χ4v) is 2.76. The lowest BCUT2D eigenvalue weighted by Crippen LogP contribution is -2.53. The third-order valence-corrected chi connectivity index (χ3v) is 4.25. The minimum absolute atomic E-state index is 0.00408. The number of hydrogen-bond donors (Lipinski definition) is 2. The van der Waals surface area contributed by atoms with E-state index >= 15 is 0 Å². The van der Waals surface area contributed by atoms with Gasteiger partial charge in [-0.2, -0.15) is 0 Å². The summed E-state index contributed by atoms with van der Waals surface area (Å²) in [7, 11) is 0. The molecule has 0 aromatic heterocycles. The predicted octanol–water partition coefficient (Wildman–Crippen LogP) is 3.05. The van der Waals surface area contributed by atoms with Crippen molar-refractivity contribution in [1.82, 2.24) is 10.6 Å². The van der Waals surface area contributed by atoms with Gasteiger partial charge in [0, 0.05) is 5.02 Å². The molecule has 104 valence electrons. The van der Waals surface area contributed by atoms with Crippen LogP contribution in [0.2, 0.25) is 5.02 Å². The van der Waals surface area contributed by atoms with Crippen LogP contribution in [-0.4, -0.2) is 18.0 Å². The summed E-state index contributed by atoms with van der Waals surface area (Å²) in [5.41, 5.74) is 0.697. The molecule has 4 heteroatoms. The van der Waals surface area contributed by atoms with E-state index in [1.165, 1.54) is 0 Å². The number of rotatable bonds is 4. The average molecular weight is 281 g/mol. The molecule has 1 aromatic rings. The average Bonchev–Trinajstić information content (AvgIpc) is 2.89. The van der Waals surface area contributed by atoms with Gasteiger partial charge in [0.05, 0.1) is 11.6 Å². The standard InChI is InChI=1S/C15H21ClN2O/c1-3-15(9-4-10-17-15)14(19)18-11(2)12-5-7-13(16)8-6-12/h5-8,11,17H,3-4,9-10H2,1-2H3,(H,18,19). The lowest BCUT2D eigenvalue weighted by atomic mass is 9.92. The molecule has 3 nitrogen and oxygen atoms in total. The Morgan fingerprint density at radius 2 is 2.16 bits per heavy atom. The molecule has 2 unspecified atom stereocenters. The second-order valence-corrected chi connectivity index (χ2v) is 5.65. The maximum absolute atomic E-state index is 12.4. The highest BCUT2D eigenvalue weighted by molar-refractivity contribution is 6.30. The van der Waals surface area contributed by atoms with Crippen molar-refractivity contribution in [2.24, 2.45) is 0 Å². The largest absolute Gasteiger partial charge is 0.348 e. The monoisotopic (exact) mass is 280 g/mol. The van der Waals surface area contributed by atoms with Crippen LogP contribution in [-0.2, 0) is 4.79 Å². The van der Waals surface area contributed by atoms with E-state index in [2.05, 4.69) is 17.6 Å². The quantitative estimate of drug-likeness (QED) is 0.890. The first-order chi connectivity index (χ1) is 9.07. The van der Waals surface area contributed by atoms with Crippen LogP contribution in [0.5, 0.6) is 0 Å². The second kappa shape index (κ2) is 5.93. The van der Waals surface area contributed by atoms with E-state index in [0.717, 1.165) is 31.4 Å². The zero-order valence-electron chi connectivity index (χ0n) is 11.5. The first kappa shape index (κ1) is 14.4. The first-order valence-corrected chi connectivity index (χ1v) is 7.26. The van der Waals surface area contributed by atoms with Crippen molar-refractivity contribution >= 4 is 17.5 Å². The Morgan fingerprint density at radius 3 is 2.68 bits per heavy atom. The molecule has 1 aromatic carbocycles. The Kier molecular flexibility index (Phi) is 4.48. The molecular formula is C15H21ClN2O. The molecule has 0 saturated carbocycles. The maximum atomic E-state index is 12.4. The minimum atomic E-state index is -0.374. The lowest BCUT2D eigenvalue weighted by Gasteiger charge is -2.28. The van der Waals surface area contributed by atoms with Gasteiger partial charge in [-0.3, -0.25) is 4.79 Å². The molecule has 2 atom stereocenters. The summed E-state index contributed by atoms with van der Waals surface area (Å²) in [6.07, 6.45) is 2.81. The van der Waals surface area contributed by atoms with Crippen molar-refractivity contribution < 1.29 is 4.79 Å². The molecule has 1 heterocycles. The molecule has 2 N–H and O–H groups in total. The molecule has 0 bridgehead atoms. The van der Waals surface area contributed by atoms with Gasteiger partial charge in [-0.1, -0.05) is 30.7 Å². The predicted molar refractivity (Wildman–Crippen MR) is 78.3 cm³/mol. The van der Waals surface area contributed by atoms with Gasteiger partial charge >= 0.3 is 0 Å². The molecule has 1 fully saturated rings. The van der Waals surface area contributed by atoms with Crippen molar-refractivity contribution in [3.63, 3.8) is 0 Å². The Balaban J connectivity index is 2.04. The summed E-state index contributed by atoms with van der Waals surface area (Å²) in [5.74, 6) is 0.106. The first-order valence-electron chi connectivity index (χ1n) is 6.89. The van der Waals surface area contributed by atoms with Gasteiger partial charge in [0.25, 0.3) is 0 Å². The normalized spacial score (nSPS) is 24.2. The van der Waals surface area contributed by atoms with E-state index in [1.807, 2.05) is 31.2 Å². The van der Waals surface area contributed by atoms with Crippen LogP contribution in [0.1, 0.15) is 44.7 Å². The zero-order chi connectivity index (χ0) is 13.9. The van der Waals surface area contributed by atoms with Crippen LogP contribution in [0.3, 0.4) is 0 Å². The number of carbonyl (C=O) groups excluding carboxylic acids is 1. The summed E-state index contributed by atoms with van der Waals surface area (Å²) in [6.45, 7) is 4.99. The lowest BCUT2D eigenvalue weighted by molar-refractivity contribution is -0.128. The highest BCUT2D eigenvalue weighted by Gasteiger charge is 2.39. The minimum Gasteiger partial charge on any atom is -0.348 e. The van der Waals surface area contributed by atoms with Crippen LogP contribution in [0.25, 0.3) is 0 Å². The molecule has 1 aliphatic heterocycles. The van der Waals surface area contributed by atoms with Crippen molar-refractivity contribution in [2.75, 3.05) is 6.54 Å². The Hall–Kier alpha value is -1.06. The Morgan fingerprint density at radius 1 is 1.47 bits per heavy atom. The van der Waals surface area contributed by atoms with Crippen molar-refractivity contribution in [1.29, 1.82) is 0 Å². The smallest absolute Gasteiger partial charge is 0.240 e. The fraction of sp³-hybridized carbons (Fsp3) is 0.533. The van der Waals surface area contributed by atoms with Crippen molar-refractivity contribution in [2.45, 2.75) is 44.7 Å². The zero-order valence-corrected chi connectivity index (χ0v) is 12.3. The van der Waals surface area contributed by atoms with E-state index in [-0.39, 0.29) is 17.5 Å². The van der Waals surface area contributed by atoms with Crippen molar-refractivity contribution in [3.05, 3.63) is 34.9 Å². The maximum Gasteiger partial charge on any atom is 0.240 e. The van der Waals surface area contributed by atoms with Crippen molar-refractivity contribution in [3.8, 4) is 0 Å². The van der Waals surface area contributed by atoms with Crippen LogP contribution in [0.4, 0.5) is 0 Å². The summed E-state index contributed by atoms with van der Waals surface area (Å²) in [5, 5.41) is 7.17. The molecule has 1 aliphatic rings. The number of halogens is 1. The highest BCUT2D eigenvalue weighted by atomic mass is 35.5. The number of amides is 1. The van der Waals surface area contributed by atoms with E-state index in [9.17, 15) is 4.79 Å². The van der Waals surface area contributed by atoms with Crippen LogP contribution in [0, 0.1) is 0 Å². The molecule has 0 aliphatic carbocycles. The number of benzene rings is 1. The van der Waals surface area contributed by atoms with E-state index in [0.29, 0.717) is 5.02 Å². The number of nitrogens with one attached hydrogen (secondary N) is 2. The topological polar surface area (TPSA) is 41.1 Å². The molecule has 19 heavy (non-hydrogen) atoms. The molecular weight excluding hydrogens is 260 g/mol. The summed E-state index contributed by atoms with van der Waals surface area (Å²) >= 11 is 5.87. The van der Waals surface area contributed by atoms with E-state index in [1.54, 1.807) is 0 Å². The van der Waals surface area contributed by atoms with Gasteiger partial charge < -0.3 is 10.6 Å². The summed E-state index contributed by atoms with van der Waals surface area (Å²) in [6, 6.07) is 7.60. The molecule has 0 radical (unpaired) electrons. The second-order valence-electron chi connectivity index (χ2n) is 5.21. The van der Waals surface area contributed by atoms with E-state index < -0.39 is 0 Å². The SMILES string of the molecule is CCC1(C(=O)NC(C)c2ccc(Cl)cc2)CCCN1. The summed E-state index contributed by atoms with van der Waals surface area (Å²) in [4.78, 5) is 12.4. The molecule has 1 amide bonds. The molecule has 0 spiro atoms. The molecule has 1 saturated heterocycles. The highest BCUT2D eigenvalue weighted by Crippen LogP contribution is 2.25. The Labute approximate surface area is 119 Å². The molecule has 2 rings (SSSR count). The number of hydrogen-bond acceptors (Lipinski definition) is 2. The number of carbonyl (C=O) groups is 1. The van der Waals surface area contributed by atoms with Gasteiger partial charge in [-0.05, 0) is 50.4 Å². The Bertz CT molecular complexity index is 438. The van der Waals surface area contributed by atoms with Crippen LogP contribution in [0.15, 0.2) is 24.3 Å². The fourth-order valence-electron chi connectivity index (χ4n) is 2.63. The van der Waals surface area contributed by atoms with E-state index in [4.69, 9.17) is 11.6 Å². The van der Waals surface area contributed by atoms with Crippen LogP contribution < -0.4 is 10.6 Å². The van der Waals surface area contributed by atoms with Gasteiger partial charge in [0.1, 0.15) is 0 Å². The van der Waals surface area contributed by atoms with Crippen LogP contribution >= 0.6 is 11.6 Å². The van der Waals surface area contributed by atoms with Gasteiger partial charge in [0.15, 0.2) is 0 Å². The van der Waals surface area contributed by atoms with Gasteiger partial charge in [-0.25, -0.2) is 0 Å². The van der Waals surface area contributed by atoms with Gasteiger partial charge in [0.2, 0.25) is 5.91 Å². The third kappa shape index (κ3) is 3.10. The van der Waals surface area contributed by atoms with Gasteiger partial charge in [-0.15, -0.1) is 0 Å².